The molecule has 170 valence electrons. The fourth-order valence-corrected chi connectivity index (χ4v) is 4.64. The van der Waals surface area contributed by atoms with Gasteiger partial charge >= 0.3 is 0 Å². The Morgan fingerprint density at radius 1 is 0.941 bits per heavy atom. The predicted octanol–water partition coefficient (Wildman–Crippen LogP) is 6.13. The van der Waals surface area contributed by atoms with Crippen molar-refractivity contribution in [3.05, 3.63) is 94.6 Å². The summed E-state index contributed by atoms with van der Waals surface area (Å²) in [5.41, 5.74) is 3.78. The molecule has 0 aliphatic carbocycles. The molecule has 5 rings (SSSR count). The van der Waals surface area contributed by atoms with Gasteiger partial charge in [-0.15, -0.1) is 10.2 Å². The van der Waals surface area contributed by atoms with E-state index >= 15 is 0 Å². The molecule has 0 saturated heterocycles. The molecule has 0 saturated carbocycles. The van der Waals surface area contributed by atoms with Crippen LogP contribution >= 0.6 is 35.0 Å². The number of H-pyrrole nitrogens is 1. The Balaban J connectivity index is 1.40. The second kappa shape index (κ2) is 9.93. The maximum atomic E-state index is 12.5. The smallest absolute Gasteiger partial charge is 0.230 e. The maximum Gasteiger partial charge on any atom is 0.230 e. The number of aromatic amines is 1. The van der Waals surface area contributed by atoms with Gasteiger partial charge in [-0.2, -0.15) is 0 Å². The molecule has 0 bridgehead atoms. The molecule has 6 nitrogen and oxygen atoms in total. The minimum atomic E-state index is -0.0979. The average molecular weight is 508 g/mol. The summed E-state index contributed by atoms with van der Waals surface area (Å²) >= 11 is 13.4. The topological polar surface area (TPSA) is 75.6 Å². The number of aromatic nitrogens is 4. The second-order valence-electron chi connectivity index (χ2n) is 7.56. The van der Waals surface area contributed by atoms with Gasteiger partial charge in [0.2, 0.25) is 5.91 Å². The van der Waals surface area contributed by atoms with Crippen molar-refractivity contribution in [2.75, 3.05) is 5.75 Å². The fourth-order valence-electron chi connectivity index (χ4n) is 3.60. The van der Waals surface area contributed by atoms with Crippen LogP contribution in [0.5, 0.6) is 0 Å². The van der Waals surface area contributed by atoms with Gasteiger partial charge in [0.1, 0.15) is 0 Å². The number of para-hydroxylation sites is 1. The van der Waals surface area contributed by atoms with E-state index in [4.69, 9.17) is 23.2 Å². The molecule has 9 heteroatoms. The molecule has 5 aromatic rings. The Hall–Kier alpha value is -3.26. The zero-order valence-corrected chi connectivity index (χ0v) is 20.2. The summed E-state index contributed by atoms with van der Waals surface area (Å²) in [4.78, 5) is 15.8. The predicted molar refractivity (Wildman–Crippen MR) is 138 cm³/mol. The van der Waals surface area contributed by atoms with Crippen molar-refractivity contribution in [3.63, 3.8) is 0 Å². The Kier molecular flexibility index (Phi) is 6.58. The molecule has 0 unspecified atom stereocenters. The molecule has 0 aliphatic heterocycles. The summed E-state index contributed by atoms with van der Waals surface area (Å²) in [6.07, 6.45) is 1.92. The maximum absolute atomic E-state index is 12.5. The molecule has 3 aromatic carbocycles. The van der Waals surface area contributed by atoms with Crippen molar-refractivity contribution >= 4 is 51.8 Å². The lowest BCUT2D eigenvalue weighted by atomic mass is 10.1. The molecule has 0 aliphatic rings. The van der Waals surface area contributed by atoms with E-state index in [0.29, 0.717) is 27.6 Å². The molecular weight excluding hydrogens is 489 g/mol. The highest BCUT2D eigenvalue weighted by Crippen LogP contribution is 2.32. The number of nitrogens with zero attached hydrogens (tertiary/aromatic N) is 3. The first kappa shape index (κ1) is 22.5. The summed E-state index contributed by atoms with van der Waals surface area (Å²) in [5.74, 6) is 0.788. The van der Waals surface area contributed by atoms with Gasteiger partial charge in [0.15, 0.2) is 11.0 Å². The number of carbonyl (C=O) groups excluding carboxylic acids is 1. The number of nitrogens with one attached hydrogen (secondary N) is 2. The van der Waals surface area contributed by atoms with Gasteiger partial charge < -0.3 is 10.3 Å². The largest absolute Gasteiger partial charge is 0.360 e. The van der Waals surface area contributed by atoms with Crippen molar-refractivity contribution in [2.45, 2.75) is 11.7 Å². The number of rotatable bonds is 7. The summed E-state index contributed by atoms with van der Waals surface area (Å²) in [5, 5.41) is 14.8. The average Bonchev–Trinajstić information content (AvgIpc) is 3.47. The Bertz CT molecular complexity index is 1440. The highest BCUT2D eigenvalue weighted by Gasteiger charge is 2.19. The van der Waals surface area contributed by atoms with Crippen LogP contribution in [0.25, 0.3) is 28.0 Å². The summed E-state index contributed by atoms with van der Waals surface area (Å²) in [6.45, 7) is 0.432. The molecule has 0 fully saturated rings. The number of carbonyl (C=O) groups is 1. The minimum Gasteiger partial charge on any atom is -0.360 e. The highest BCUT2D eigenvalue weighted by molar-refractivity contribution is 7.99. The van der Waals surface area contributed by atoms with Crippen LogP contribution in [0.2, 0.25) is 10.0 Å². The Morgan fingerprint density at radius 2 is 1.65 bits per heavy atom. The number of fused-ring (bicyclic) bond motifs is 1. The van der Waals surface area contributed by atoms with Gasteiger partial charge in [-0.05, 0) is 48.0 Å². The molecule has 0 atom stereocenters. The van der Waals surface area contributed by atoms with Crippen molar-refractivity contribution in [1.82, 2.24) is 25.1 Å². The normalized spacial score (nSPS) is 11.1. The molecule has 2 heterocycles. The van der Waals surface area contributed by atoms with E-state index in [2.05, 4.69) is 20.5 Å². The molecule has 2 N–H and O–H groups in total. The van der Waals surface area contributed by atoms with Gasteiger partial charge in [-0.3, -0.25) is 9.36 Å². The number of thioether (sulfide) groups is 1. The first-order valence-corrected chi connectivity index (χ1v) is 12.2. The van der Waals surface area contributed by atoms with Crippen molar-refractivity contribution in [2.24, 2.45) is 0 Å². The molecule has 2 aromatic heterocycles. The van der Waals surface area contributed by atoms with E-state index in [-0.39, 0.29) is 11.7 Å². The van der Waals surface area contributed by atoms with E-state index in [1.807, 2.05) is 71.4 Å². The Labute approximate surface area is 210 Å². The van der Waals surface area contributed by atoms with E-state index in [1.54, 1.807) is 12.1 Å². The summed E-state index contributed by atoms with van der Waals surface area (Å²) < 4.78 is 1.95. The molecule has 34 heavy (non-hydrogen) atoms. The van der Waals surface area contributed by atoms with Crippen LogP contribution in [-0.2, 0) is 11.3 Å². The lowest BCUT2D eigenvalue weighted by Gasteiger charge is -2.10. The van der Waals surface area contributed by atoms with Crippen LogP contribution in [0, 0.1) is 0 Å². The van der Waals surface area contributed by atoms with Crippen molar-refractivity contribution in [1.29, 1.82) is 0 Å². The van der Waals surface area contributed by atoms with Crippen LogP contribution in [0.15, 0.2) is 84.1 Å². The van der Waals surface area contributed by atoms with Crippen molar-refractivity contribution in [3.8, 4) is 17.1 Å². The standard InChI is InChI=1S/C25H19Cl2N5OS/c26-17-7-5-16(6-8-17)13-29-23(33)15-34-25-31-30-24(32(25)19-11-9-18(27)10-12-19)21-14-28-22-4-2-1-3-20(21)22/h1-12,14,28H,13,15H2,(H,29,33). The quantitative estimate of drug-likeness (QED) is 0.259. The van der Waals surface area contributed by atoms with Gasteiger partial charge in [-0.1, -0.05) is 65.3 Å². The molecule has 0 radical (unpaired) electrons. The minimum absolute atomic E-state index is 0.0979. The SMILES string of the molecule is O=C(CSc1nnc(-c2c[nH]c3ccccc23)n1-c1ccc(Cl)cc1)NCc1ccc(Cl)cc1. The number of hydrogen-bond acceptors (Lipinski definition) is 4. The lowest BCUT2D eigenvalue weighted by molar-refractivity contribution is -0.118. The van der Waals surface area contributed by atoms with Crippen LogP contribution in [0.1, 0.15) is 5.56 Å². The summed E-state index contributed by atoms with van der Waals surface area (Å²) in [7, 11) is 0. The van der Waals surface area contributed by atoms with Gasteiger partial charge in [0.25, 0.3) is 0 Å². The second-order valence-corrected chi connectivity index (χ2v) is 9.37. The number of halogens is 2. The zero-order chi connectivity index (χ0) is 23.5. The number of hydrogen-bond donors (Lipinski definition) is 2. The van der Waals surface area contributed by atoms with Crippen LogP contribution in [-0.4, -0.2) is 31.4 Å². The Morgan fingerprint density at radius 3 is 2.41 bits per heavy atom. The third-order valence-electron chi connectivity index (χ3n) is 5.28. The zero-order valence-electron chi connectivity index (χ0n) is 17.8. The van der Waals surface area contributed by atoms with E-state index in [9.17, 15) is 4.79 Å². The highest BCUT2D eigenvalue weighted by atomic mass is 35.5. The van der Waals surface area contributed by atoms with E-state index < -0.39 is 0 Å². The first-order valence-electron chi connectivity index (χ1n) is 10.5. The van der Waals surface area contributed by atoms with E-state index in [0.717, 1.165) is 27.7 Å². The first-order chi connectivity index (χ1) is 16.6. The molecule has 0 spiro atoms. The van der Waals surface area contributed by atoms with Crippen LogP contribution in [0.4, 0.5) is 0 Å². The van der Waals surface area contributed by atoms with Crippen LogP contribution < -0.4 is 5.32 Å². The van der Waals surface area contributed by atoms with Crippen molar-refractivity contribution < 1.29 is 4.79 Å². The third kappa shape index (κ3) is 4.82. The third-order valence-corrected chi connectivity index (χ3v) is 6.72. The number of benzene rings is 3. The van der Waals surface area contributed by atoms with Crippen LogP contribution in [0.3, 0.4) is 0 Å². The molecular formula is C25H19Cl2N5OS. The lowest BCUT2D eigenvalue weighted by Crippen LogP contribution is -2.24. The fraction of sp³-hybridized carbons (Fsp3) is 0.0800. The van der Waals surface area contributed by atoms with Gasteiger partial charge in [0, 0.05) is 44.9 Å². The summed E-state index contributed by atoms with van der Waals surface area (Å²) in [6, 6.07) is 22.9. The van der Waals surface area contributed by atoms with E-state index in [1.165, 1.54) is 11.8 Å². The molecule has 1 amide bonds. The number of amides is 1. The van der Waals surface area contributed by atoms with Gasteiger partial charge in [0.05, 0.1) is 5.75 Å². The van der Waals surface area contributed by atoms with Gasteiger partial charge in [-0.25, -0.2) is 0 Å². The monoisotopic (exact) mass is 507 g/mol.